The van der Waals surface area contributed by atoms with Gasteiger partial charge in [0.25, 0.3) is 5.91 Å². The lowest BCUT2D eigenvalue weighted by molar-refractivity contribution is -0.160. The van der Waals surface area contributed by atoms with Crippen molar-refractivity contribution in [3.05, 3.63) is 75.2 Å². The molecule has 2 aromatic carbocycles. The van der Waals surface area contributed by atoms with Crippen molar-refractivity contribution < 1.29 is 41.8 Å². The van der Waals surface area contributed by atoms with Crippen LogP contribution in [0.2, 0.25) is 5.02 Å². The maximum Gasteiger partial charge on any atom is 0.410 e. The highest BCUT2D eigenvalue weighted by Crippen LogP contribution is 2.60. The summed E-state index contributed by atoms with van der Waals surface area (Å²) in [6.45, 7) is 4.97. The van der Waals surface area contributed by atoms with Crippen LogP contribution < -0.4 is 0 Å². The van der Waals surface area contributed by atoms with Crippen LogP contribution in [0.3, 0.4) is 0 Å². The van der Waals surface area contributed by atoms with E-state index in [2.05, 4.69) is 5.10 Å². The Balaban J connectivity index is 1.66. The maximum absolute atomic E-state index is 15.2. The lowest BCUT2D eigenvalue weighted by Crippen LogP contribution is -2.41. The van der Waals surface area contributed by atoms with E-state index in [-0.39, 0.29) is 71.0 Å². The molecule has 0 unspecified atom stereocenters. The number of hydrogen-bond donors (Lipinski definition) is 1. The normalized spacial score (nSPS) is 16.1. The number of alkyl halides is 3. The molecule has 3 aromatic rings. The van der Waals surface area contributed by atoms with Gasteiger partial charge in [0.2, 0.25) is 0 Å². The summed E-state index contributed by atoms with van der Waals surface area (Å²) in [5.41, 5.74) is -3.61. The summed E-state index contributed by atoms with van der Waals surface area (Å²) in [6.07, 6.45) is -5.64. The van der Waals surface area contributed by atoms with Crippen LogP contribution in [0.4, 0.5) is 22.4 Å². The average molecular weight is 608 g/mol. The van der Waals surface area contributed by atoms with Crippen molar-refractivity contribution in [3.8, 4) is 11.3 Å². The fourth-order valence-corrected chi connectivity index (χ4v) is 5.46. The molecule has 13 heteroatoms. The Labute approximate surface area is 242 Å². The fraction of sp³-hybridized carbons (Fsp3) is 0.379. The number of hydrogen-bond acceptors (Lipinski definition) is 5. The Hall–Kier alpha value is -3.93. The first-order valence-electron chi connectivity index (χ1n) is 13.1. The highest BCUT2D eigenvalue weighted by molar-refractivity contribution is 6.34. The van der Waals surface area contributed by atoms with Gasteiger partial charge in [0.1, 0.15) is 11.4 Å². The van der Waals surface area contributed by atoms with Crippen molar-refractivity contribution in [2.75, 3.05) is 6.54 Å². The summed E-state index contributed by atoms with van der Waals surface area (Å²) < 4.78 is 64.0. The number of aromatic nitrogens is 2. The Morgan fingerprint density at radius 3 is 2.36 bits per heavy atom. The molecule has 1 aliphatic heterocycles. The van der Waals surface area contributed by atoms with Gasteiger partial charge in [-0.1, -0.05) is 23.7 Å². The van der Waals surface area contributed by atoms with Gasteiger partial charge in [0.15, 0.2) is 0 Å². The fourth-order valence-electron chi connectivity index (χ4n) is 5.20. The first-order valence-corrected chi connectivity index (χ1v) is 13.4. The predicted octanol–water partition coefficient (Wildman–Crippen LogP) is 6.62. The number of halogens is 5. The molecule has 8 nitrogen and oxygen atoms in total. The van der Waals surface area contributed by atoms with Crippen LogP contribution in [0.15, 0.2) is 36.4 Å². The highest BCUT2D eigenvalue weighted by atomic mass is 35.5. The standard InChI is InChI=1S/C29H26ClF4N3O5/c1-27(2,3)42-26(41)36-12-9-17-21(14-36)37(35-23(17)16-8-7-15(25(39)40)13-20(16)31)24(38)22-18(5-4-6-19(22)30)28(10-11-28)29(32,33)34/h4-8,13H,9-12,14H2,1-3H3,(H,39,40). The van der Waals surface area contributed by atoms with E-state index in [1.54, 1.807) is 20.8 Å². The minimum absolute atomic E-state index is 0.00203. The van der Waals surface area contributed by atoms with Crippen LogP contribution >= 0.6 is 11.6 Å². The number of amides is 1. The van der Waals surface area contributed by atoms with Crippen LogP contribution in [0.5, 0.6) is 0 Å². The number of benzene rings is 2. The summed E-state index contributed by atoms with van der Waals surface area (Å²) in [5, 5.41) is 13.4. The molecule has 1 aliphatic carbocycles. The van der Waals surface area contributed by atoms with E-state index in [1.165, 1.54) is 35.2 Å². The topological polar surface area (TPSA) is 102 Å². The van der Waals surface area contributed by atoms with Crippen LogP contribution in [0.25, 0.3) is 11.3 Å². The second-order valence-corrected chi connectivity index (χ2v) is 11.8. The zero-order chi connectivity index (χ0) is 30.8. The lowest BCUT2D eigenvalue weighted by Gasteiger charge is -2.30. The van der Waals surface area contributed by atoms with Crippen LogP contribution in [-0.2, 0) is 23.1 Å². The molecule has 2 heterocycles. The van der Waals surface area contributed by atoms with Gasteiger partial charge in [-0.2, -0.15) is 23.0 Å². The number of aromatic carboxylic acids is 1. The lowest BCUT2D eigenvalue weighted by atomic mass is 9.90. The van der Waals surface area contributed by atoms with Crippen LogP contribution in [0, 0.1) is 5.82 Å². The van der Waals surface area contributed by atoms with Gasteiger partial charge >= 0.3 is 18.2 Å². The molecule has 42 heavy (non-hydrogen) atoms. The minimum Gasteiger partial charge on any atom is -0.478 e. The van der Waals surface area contributed by atoms with Crippen molar-refractivity contribution in [1.29, 1.82) is 0 Å². The Morgan fingerprint density at radius 2 is 1.79 bits per heavy atom. The molecule has 0 saturated heterocycles. The summed E-state index contributed by atoms with van der Waals surface area (Å²) in [7, 11) is 0. The largest absolute Gasteiger partial charge is 0.478 e. The van der Waals surface area contributed by atoms with E-state index in [0.717, 1.165) is 10.7 Å². The number of rotatable bonds is 4. The predicted molar refractivity (Wildman–Crippen MR) is 143 cm³/mol. The molecular formula is C29H26ClF4N3O5. The molecular weight excluding hydrogens is 582 g/mol. The number of ether oxygens (including phenoxy) is 1. The second kappa shape index (κ2) is 10.1. The van der Waals surface area contributed by atoms with E-state index < -0.39 is 41.0 Å². The third-order valence-corrected chi connectivity index (χ3v) is 7.73. The quantitative estimate of drug-likeness (QED) is 0.335. The maximum atomic E-state index is 15.2. The third-order valence-electron chi connectivity index (χ3n) is 7.41. The molecule has 1 saturated carbocycles. The number of carboxylic acids is 1. The van der Waals surface area contributed by atoms with E-state index >= 15 is 4.39 Å². The van der Waals surface area contributed by atoms with Gasteiger partial charge in [-0.05, 0) is 69.9 Å². The molecule has 1 aromatic heterocycles. The van der Waals surface area contributed by atoms with Crippen molar-refractivity contribution >= 4 is 29.6 Å². The molecule has 1 N–H and O–H groups in total. The smallest absolute Gasteiger partial charge is 0.410 e. The van der Waals surface area contributed by atoms with Crippen molar-refractivity contribution in [1.82, 2.24) is 14.7 Å². The van der Waals surface area contributed by atoms with Gasteiger partial charge in [-0.25, -0.2) is 14.0 Å². The zero-order valence-electron chi connectivity index (χ0n) is 22.8. The third kappa shape index (κ3) is 5.12. The molecule has 1 fully saturated rings. The summed E-state index contributed by atoms with van der Waals surface area (Å²) >= 11 is 6.36. The Morgan fingerprint density at radius 1 is 1.10 bits per heavy atom. The van der Waals surface area contributed by atoms with Gasteiger partial charge in [-0.15, -0.1) is 0 Å². The van der Waals surface area contributed by atoms with Crippen LogP contribution in [0.1, 0.15) is 71.1 Å². The van der Waals surface area contributed by atoms with Gasteiger partial charge in [0.05, 0.1) is 39.5 Å². The number of fused-ring (bicyclic) bond motifs is 1. The SMILES string of the molecule is CC(C)(C)OC(=O)N1CCc2c(-c3ccc(C(=O)O)cc3F)nn(C(=O)c3c(Cl)cccc3C3(C(F)(F)F)CC3)c2C1. The molecule has 222 valence electrons. The second-order valence-electron chi connectivity index (χ2n) is 11.4. The molecule has 0 atom stereocenters. The van der Waals surface area contributed by atoms with E-state index in [0.29, 0.717) is 5.56 Å². The first-order chi connectivity index (χ1) is 19.5. The molecule has 1 amide bonds. The van der Waals surface area contributed by atoms with Gasteiger partial charge < -0.3 is 14.7 Å². The number of carboxylic acid groups (broad SMARTS) is 1. The van der Waals surface area contributed by atoms with E-state index in [1.807, 2.05) is 0 Å². The molecule has 5 rings (SSSR count). The van der Waals surface area contributed by atoms with Gasteiger partial charge in [-0.3, -0.25) is 4.79 Å². The minimum atomic E-state index is -4.63. The zero-order valence-corrected chi connectivity index (χ0v) is 23.6. The van der Waals surface area contributed by atoms with E-state index in [4.69, 9.17) is 16.3 Å². The van der Waals surface area contributed by atoms with Crippen molar-refractivity contribution in [2.24, 2.45) is 0 Å². The average Bonchev–Trinajstić information content (AvgIpc) is 3.63. The number of carbonyl (C=O) groups is 3. The molecule has 0 radical (unpaired) electrons. The number of carbonyl (C=O) groups excluding carboxylic acids is 2. The Kier molecular flexibility index (Phi) is 7.11. The Bertz CT molecular complexity index is 1620. The monoisotopic (exact) mass is 607 g/mol. The first kappa shape index (κ1) is 29.6. The molecule has 0 bridgehead atoms. The summed E-state index contributed by atoms with van der Waals surface area (Å²) in [5.74, 6) is -3.24. The van der Waals surface area contributed by atoms with Crippen LogP contribution in [-0.4, -0.2) is 56.1 Å². The molecule has 2 aliphatic rings. The van der Waals surface area contributed by atoms with Crippen molar-refractivity contribution in [2.45, 2.75) is 63.8 Å². The van der Waals surface area contributed by atoms with Gasteiger partial charge in [0, 0.05) is 17.7 Å². The molecule has 0 spiro atoms. The summed E-state index contributed by atoms with van der Waals surface area (Å²) in [4.78, 5) is 39.6. The highest BCUT2D eigenvalue weighted by Gasteiger charge is 2.65. The van der Waals surface area contributed by atoms with E-state index in [9.17, 15) is 32.7 Å². The van der Waals surface area contributed by atoms with Crippen molar-refractivity contribution in [3.63, 3.8) is 0 Å². The number of nitrogens with zero attached hydrogens (tertiary/aromatic N) is 3. The summed E-state index contributed by atoms with van der Waals surface area (Å²) in [6, 6.07) is 7.06.